The molecule has 0 amide bonds. The highest BCUT2D eigenvalue weighted by Gasteiger charge is 1.99. The number of benzene rings is 1. The average molecular weight is 209 g/mol. The van der Waals surface area contributed by atoms with Gasteiger partial charge in [-0.05, 0) is 37.1 Å². The van der Waals surface area contributed by atoms with Crippen LogP contribution in [0.3, 0.4) is 0 Å². The van der Waals surface area contributed by atoms with Crippen LogP contribution in [0.15, 0.2) is 12.1 Å². The second-order valence-corrected chi connectivity index (χ2v) is 3.60. The first-order valence-electron chi connectivity index (χ1n) is 4.51. The van der Waals surface area contributed by atoms with Gasteiger partial charge in [-0.1, -0.05) is 23.4 Å². The Morgan fingerprint density at radius 1 is 1.29 bits per heavy atom. The number of aliphatic hydroxyl groups is 1. The van der Waals surface area contributed by atoms with Crippen LogP contribution in [0.4, 0.5) is 0 Å². The molecule has 0 bridgehead atoms. The summed E-state index contributed by atoms with van der Waals surface area (Å²) in [6, 6.07) is 3.89. The van der Waals surface area contributed by atoms with E-state index in [9.17, 15) is 0 Å². The molecule has 1 aromatic carbocycles. The van der Waals surface area contributed by atoms with Gasteiger partial charge < -0.3 is 5.11 Å². The van der Waals surface area contributed by atoms with Gasteiger partial charge in [-0.3, -0.25) is 0 Å². The molecule has 1 rings (SSSR count). The fourth-order valence-electron chi connectivity index (χ4n) is 1.13. The van der Waals surface area contributed by atoms with Gasteiger partial charge in [-0.2, -0.15) is 0 Å². The molecular weight excluding hydrogens is 196 g/mol. The Balaban J connectivity index is 3.00. The molecule has 0 saturated heterocycles. The summed E-state index contributed by atoms with van der Waals surface area (Å²) >= 11 is 5.96. The summed E-state index contributed by atoms with van der Waals surface area (Å²) in [5, 5.41) is 9.36. The summed E-state index contributed by atoms with van der Waals surface area (Å²) in [7, 11) is 0. The van der Waals surface area contributed by atoms with Gasteiger partial charge >= 0.3 is 0 Å². The minimum absolute atomic E-state index is 0.110. The zero-order valence-corrected chi connectivity index (χ0v) is 9.15. The quantitative estimate of drug-likeness (QED) is 0.704. The molecule has 1 aromatic rings. The Kier molecular flexibility index (Phi) is 4.00. The number of halogens is 1. The van der Waals surface area contributed by atoms with Crippen molar-refractivity contribution >= 4 is 11.6 Å². The number of aliphatic hydroxyl groups excluding tert-OH is 1. The summed E-state index contributed by atoms with van der Waals surface area (Å²) in [6.07, 6.45) is 0.515. The number of hydrogen-bond acceptors (Lipinski definition) is 1. The highest BCUT2D eigenvalue weighted by molar-refractivity contribution is 6.31. The van der Waals surface area contributed by atoms with E-state index >= 15 is 0 Å². The fourth-order valence-corrected chi connectivity index (χ4v) is 1.35. The third-order valence-electron chi connectivity index (χ3n) is 1.97. The Labute approximate surface area is 89.7 Å². The maximum absolute atomic E-state index is 8.59. The monoisotopic (exact) mass is 208 g/mol. The van der Waals surface area contributed by atoms with E-state index in [1.807, 2.05) is 26.0 Å². The molecule has 0 aliphatic heterocycles. The van der Waals surface area contributed by atoms with Crippen molar-refractivity contribution in [2.75, 3.05) is 6.61 Å². The molecule has 1 N–H and O–H groups in total. The Hall–Kier alpha value is -0.970. The maximum Gasteiger partial charge on any atom is 0.0540 e. The van der Waals surface area contributed by atoms with Crippen molar-refractivity contribution in [1.82, 2.24) is 0 Å². The van der Waals surface area contributed by atoms with Crippen LogP contribution < -0.4 is 0 Å². The highest BCUT2D eigenvalue weighted by Crippen LogP contribution is 2.19. The summed E-state index contributed by atoms with van der Waals surface area (Å²) in [5.41, 5.74) is 3.09. The molecule has 0 radical (unpaired) electrons. The molecule has 0 fully saturated rings. The van der Waals surface area contributed by atoms with Crippen LogP contribution in [0.2, 0.25) is 5.02 Å². The van der Waals surface area contributed by atoms with Gasteiger partial charge in [0, 0.05) is 17.0 Å². The topological polar surface area (TPSA) is 20.2 Å². The lowest BCUT2D eigenvalue weighted by atomic mass is 10.1. The largest absolute Gasteiger partial charge is 0.395 e. The van der Waals surface area contributed by atoms with Crippen molar-refractivity contribution < 1.29 is 5.11 Å². The second kappa shape index (κ2) is 5.05. The summed E-state index contributed by atoms with van der Waals surface area (Å²) < 4.78 is 0. The van der Waals surface area contributed by atoms with E-state index in [-0.39, 0.29) is 6.61 Å². The first-order valence-corrected chi connectivity index (χ1v) is 4.89. The molecule has 0 aromatic heterocycles. The van der Waals surface area contributed by atoms with Crippen LogP contribution in [0.5, 0.6) is 0 Å². The molecule has 0 heterocycles. The zero-order chi connectivity index (χ0) is 10.6. The third kappa shape index (κ3) is 2.77. The number of rotatable bonds is 1. The van der Waals surface area contributed by atoms with Crippen LogP contribution in [-0.2, 0) is 0 Å². The smallest absolute Gasteiger partial charge is 0.0540 e. The summed E-state index contributed by atoms with van der Waals surface area (Å²) in [5.74, 6) is 5.91. The molecular formula is C12H13ClO. The van der Waals surface area contributed by atoms with E-state index in [4.69, 9.17) is 16.7 Å². The van der Waals surface area contributed by atoms with Crippen molar-refractivity contribution in [2.24, 2.45) is 0 Å². The van der Waals surface area contributed by atoms with Crippen LogP contribution in [0.1, 0.15) is 23.1 Å². The van der Waals surface area contributed by atoms with Crippen molar-refractivity contribution in [1.29, 1.82) is 0 Å². The van der Waals surface area contributed by atoms with E-state index in [2.05, 4.69) is 11.8 Å². The maximum atomic E-state index is 8.59. The van der Waals surface area contributed by atoms with Gasteiger partial charge in [-0.25, -0.2) is 0 Å². The van der Waals surface area contributed by atoms with Crippen LogP contribution >= 0.6 is 11.6 Å². The zero-order valence-electron chi connectivity index (χ0n) is 8.39. The van der Waals surface area contributed by atoms with Crippen molar-refractivity contribution in [3.05, 3.63) is 33.8 Å². The first kappa shape index (κ1) is 11.1. The second-order valence-electron chi connectivity index (χ2n) is 3.19. The molecule has 1 nitrogen and oxygen atoms in total. The lowest BCUT2D eigenvalue weighted by Crippen LogP contribution is -1.86. The standard InChI is InChI=1S/C12H13ClO/c1-9-8-12(13)10(2)7-11(9)5-3-4-6-14/h7-8,14H,4,6H2,1-2H3. The van der Waals surface area contributed by atoms with Crippen molar-refractivity contribution in [3.63, 3.8) is 0 Å². The van der Waals surface area contributed by atoms with Crippen molar-refractivity contribution in [3.8, 4) is 11.8 Å². The molecule has 0 atom stereocenters. The third-order valence-corrected chi connectivity index (χ3v) is 2.37. The van der Waals surface area contributed by atoms with Crippen LogP contribution in [-0.4, -0.2) is 11.7 Å². The van der Waals surface area contributed by atoms with Gasteiger partial charge in [0.2, 0.25) is 0 Å². The van der Waals surface area contributed by atoms with Crippen LogP contribution in [0.25, 0.3) is 0 Å². The lowest BCUT2D eigenvalue weighted by molar-refractivity contribution is 0.305. The SMILES string of the molecule is Cc1cc(C#CCCO)c(C)cc1Cl. The Morgan fingerprint density at radius 2 is 2.00 bits per heavy atom. The number of hydrogen-bond donors (Lipinski definition) is 1. The molecule has 74 valence electrons. The fraction of sp³-hybridized carbons (Fsp3) is 0.333. The van der Waals surface area contributed by atoms with E-state index < -0.39 is 0 Å². The minimum Gasteiger partial charge on any atom is -0.395 e. The van der Waals surface area contributed by atoms with Gasteiger partial charge in [0.1, 0.15) is 0 Å². The normalized spacial score (nSPS) is 9.43. The Bertz CT molecular complexity index is 385. The van der Waals surface area contributed by atoms with E-state index in [0.717, 1.165) is 21.7 Å². The predicted molar refractivity (Wildman–Crippen MR) is 59.5 cm³/mol. The van der Waals surface area contributed by atoms with E-state index in [1.165, 1.54) is 0 Å². The van der Waals surface area contributed by atoms with Gasteiger partial charge in [-0.15, -0.1) is 0 Å². The highest BCUT2D eigenvalue weighted by atomic mass is 35.5. The van der Waals surface area contributed by atoms with Crippen LogP contribution in [0, 0.1) is 25.7 Å². The van der Waals surface area contributed by atoms with Gasteiger partial charge in [0.25, 0.3) is 0 Å². The Morgan fingerprint density at radius 3 is 2.64 bits per heavy atom. The lowest BCUT2D eigenvalue weighted by Gasteiger charge is -2.02. The summed E-state index contributed by atoms with van der Waals surface area (Å²) in [4.78, 5) is 0. The molecule has 0 aliphatic carbocycles. The van der Waals surface area contributed by atoms with Gasteiger partial charge in [0.15, 0.2) is 0 Å². The minimum atomic E-state index is 0.110. The average Bonchev–Trinajstić information content (AvgIpc) is 2.14. The van der Waals surface area contributed by atoms with Crippen molar-refractivity contribution in [2.45, 2.75) is 20.3 Å². The van der Waals surface area contributed by atoms with Gasteiger partial charge in [0.05, 0.1) is 6.61 Å². The van der Waals surface area contributed by atoms with E-state index in [0.29, 0.717) is 6.42 Å². The molecule has 2 heteroatoms. The number of aryl methyl sites for hydroxylation is 2. The molecule has 0 unspecified atom stereocenters. The first-order chi connectivity index (χ1) is 6.65. The molecule has 0 saturated carbocycles. The molecule has 14 heavy (non-hydrogen) atoms. The molecule has 0 aliphatic rings. The predicted octanol–water partition coefficient (Wildman–Crippen LogP) is 2.69. The van der Waals surface area contributed by atoms with E-state index in [1.54, 1.807) is 0 Å². The molecule has 0 spiro atoms. The summed E-state index contributed by atoms with van der Waals surface area (Å²) in [6.45, 7) is 4.05.